The summed E-state index contributed by atoms with van der Waals surface area (Å²) in [7, 11) is 0. The van der Waals surface area contributed by atoms with Crippen molar-refractivity contribution in [2.45, 2.75) is 27.2 Å². The number of hydrogen-bond donors (Lipinski definition) is 2. The fourth-order valence-corrected chi connectivity index (χ4v) is 4.08. The molecular formula is C25H28N6O. The summed E-state index contributed by atoms with van der Waals surface area (Å²) < 4.78 is 0. The minimum Gasteiger partial charge on any atom is -0.358 e. The third kappa shape index (κ3) is 4.38. The average molecular weight is 429 g/mol. The SMILES string of the molecule is CCN(CC)CCc1c(C)[nH]c(C=C2C(=O)NN=C2c2cnccn2)c1-c1ccccc1. The molecule has 0 bridgehead atoms. The first-order chi connectivity index (χ1) is 15.6. The minimum absolute atomic E-state index is 0.249. The molecule has 3 heterocycles. The van der Waals surface area contributed by atoms with E-state index in [0.717, 1.165) is 48.6 Å². The number of nitrogens with one attached hydrogen (secondary N) is 2. The highest BCUT2D eigenvalue weighted by atomic mass is 16.2. The Hall–Kier alpha value is -3.58. The Kier molecular flexibility index (Phi) is 6.56. The minimum atomic E-state index is -0.249. The predicted octanol–water partition coefficient (Wildman–Crippen LogP) is 3.58. The fourth-order valence-electron chi connectivity index (χ4n) is 4.08. The summed E-state index contributed by atoms with van der Waals surface area (Å²) >= 11 is 0. The van der Waals surface area contributed by atoms with E-state index >= 15 is 0 Å². The molecule has 1 aliphatic rings. The van der Waals surface area contributed by atoms with E-state index in [2.05, 4.69) is 63.3 Å². The third-order valence-corrected chi connectivity index (χ3v) is 5.84. The first-order valence-electron chi connectivity index (χ1n) is 11.0. The third-order valence-electron chi connectivity index (χ3n) is 5.84. The van der Waals surface area contributed by atoms with Crippen LogP contribution >= 0.6 is 0 Å². The van der Waals surface area contributed by atoms with Gasteiger partial charge >= 0.3 is 0 Å². The number of likely N-dealkylation sites (N-methyl/N-ethyl adjacent to an activating group) is 1. The molecule has 32 heavy (non-hydrogen) atoms. The van der Waals surface area contributed by atoms with Gasteiger partial charge in [0.05, 0.1) is 11.8 Å². The smallest absolute Gasteiger partial charge is 0.273 e. The molecule has 0 saturated heterocycles. The molecule has 1 amide bonds. The van der Waals surface area contributed by atoms with E-state index in [1.54, 1.807) is 18.6 Å². The number of aromatic nitrogens is 3. The second kappa shape index (κ2) is 9.70. The van der Waals surface area contributed by atoms with Gasteiger partial charge in [-0.1, -0.05) is 44.2 Å². The molecule has 0 radical (unpaired) electrons. The summed E-state index contributed by atoms with van der Waals surface area (Å²) in [6.45, 7) is 9.50. The maximum absolute atomic E-state index is 12.6. The van der Waals surface area contributed by atoms with Gasteiger partial charge in [0, 0.05) is 35.9 Å². The number of rotatable bonds is 8. The molecule has 3 aromatic rings. The molecule has 0 spiro atoms. The van der Waals surface area contributed by atoms with Crippen LogP contribution in [0.4, 0.5) is 0 Å². The molecule has 0 atom stereocenters. The standard InChI is InChI=1S/C25H28N6O/c1-4-31(5-2)14-11-19-17(3)28-21(23(19)18-9-7-6-8-10-18)15-20-24(29-30-25(20)32)22-16-26-12-13-27-22/h6-10,12-13,15-16,28H,4-5,11,14H2,1-3H3,(H,30,32). The summed E-state index contributed by atoms with van der Waals surface area (Å²) in [6, 6.07) is 10.3. The van der Waals surface area contributed by atoms with Gasteiger partial charge in [-0.25, -0.2) is 5.43 Å². The monoisotopic (exact) mass is 428 g/mol. The van der Waals surface area contributed by atoms with Crippen LogP contribution in [0.2, 0.25) is 0 Å². The van der Waals surface area contributed by atoms with Crippen LogP contribution in [-0.4, -0.2) is 51.1 Å². The number of aromatic amines is 1. The molecule has 1 aromatic carbocycles. The average Bonchev–Trinajstić information content (AvgIpc) is 3.35. The molecule has 0 saturated carbocycles. The van der Waals surface area contributed by atoms with Gasteiger partial charge < -0.3 is 9.88 Å². The van der Waals surface area contributed by atoms with Crippen LogP contribution in [-0.2, 0) is 11.2 Å². The van der Waals surface area contributed by atoms with Crippen molar-refractivity contribution in [2.75, 3.05) is 19.6 Å². The van der Waals surface area contributed by atoms with Gasteiger partial charge in [-0.15, -0.1) is 0 Å². The fraction of sp³-hybridized carbons (Fsp3) is 0.280. The second-order valence-electron chi connectivity index (χ2n) is 7.71. The van der Waals surface area contributed by atoms with Gasteiger partial charge in [0.1, 0.15) is 11.4 Å². The van der Waals surface area contributed by atoms with Crippen LogP contribution in [0.15, 0.2) is 59.6 Å². The van der Waals surface area contributed by atoms with Crippen molar-refractivity contribution < 1.29 is 4.79 Å². The molecule has 2 aromatic heterocycles. The highest BCUT2D eigenvalue weighted by Crippen LogP contribution is 2.33. The van der Waals surface area contributed by atoms with Crippen LogP contribution in [0, 0.1) is 6.92 Å². The topological polar surface area (TPSA) is 86.3 Å². The molecule has 4 rings (SSSR count). The lowest BCUT2D eigenvalue weighted by Crippen LogP contribution is -2.25. The van der Waals surface area contributed by atoms with Crippen molar-refractivity contribution in [3.05, 3.63) is 77.1 Å². The first-order valence-corrected chi connectivity index (χ1v) is 11.0. The quantitative estimate of drug-likeness (QED) is 0.537. The maximum atomic E-state index is 12.6. The molecule has 0 unspecified atom stereocenters. The molecule has 7 heteroatoms. The van der Waals surface area contributed by atoms with Crippen molar-refractivity contribution in [3.8, 4) is 11.1 Å². The van der Waals surface area contributed by atoms with E-state index in [1.165, 1.54) is 5.56 Å². The van der Waals surface area contributed by atoms with E-state index in [1.807, 2.05) is 24.3 Å². The zero-order valence-electron chi connectivity index (χ0n) is 18.7. The lowest BCUT2D eigenvalue weighted by molar-refractivity contribution is -0.116. The Morgan fingerprint density at radius 2 is 1.88 bits per heavy atom. The van der Waals surface area contributed by atoms with Crippen molar-refractivity contribution in [2.24, 2.45) is 5.10 Å². The number of H-pyrrole nitrogens is 1. The molecule has 2 N–H and O–H groups in total. The summed E-state index contributed by atoms with van der Waals surface area (Å²) in [5.41, 5.74) is 9.62. The summed E-state index contributed by atoms with van der Waals surface area (Å²) in [6.07, 6.45) is 7.61. The van der Waals surface area contributed by atoms with Crippen LogP contribution < -0.4 is 5.43 Å². The number of nitrogens with zero attached hydrogens (tertiary/aromatic N) is 4. The number of carbonyl (C=O) groups excluding carboxylic acids is 1. The van der Waals surface area contributed by atoms with Crippen LogP contribution in [0.1, 0.15) is 36.5 Å². The van der Waals surface area contributed by atoms with Crippen molar-refractivity contribution in [1.29, 1.82) is 0 Å². The van der Waals surface area contributed by atoms with Crippen LogP contribution in [0.5, 0.6) is 0 Å². The number of aryl methyl sites for hydroxylation is 1. The van der Waals surface area contributed by atoms with Crippen LogP contribution in [0.3, 0.4) is 0 Å². The van der Waals surface area contributed by atoms with Gasteiger partial charge in [0.25, 0.3) is 5.91 Å². The van der Waals surface area contributed by atoms with Gasteiger partial charge in [0.15, 0.2) is 0 Å². The lowest BCUT2D eigenvalue weighted by Gasteiger charge is -2.18. The molecule has 7 nitrogen and oxygen atoms in total. The molecular weight excluding hydrogens is 400 g/mol. The Labute approximate surface area is 188 Å². The van der Waals surface area contributed by atoms with E-state index in [0.29, 0.717) is 17.0 Å². The van der Waals surface area contributed by atoms with Gasteiger partial charge in [-0.2, -0.15) is 5.10 Å². The largest absolute Gasteiger partial charge is 0.358 e. The van der Waals surface area contributed by atoms with E-state index in [4.69, 9.17) is 0 Å². The molecule has 1 aliphatic heterocycles. The zero-order valence-corrected chi connectivity index (χ0v) is 18.7. The number of benzene rings is 1. The maximum Gasteiger partial charge on any atom is 0.273 e. The van der Waals surface area contributed by atoms with Crippen molar-refractivity contribution >= 4 is 17.7 Å². The van der Waals surface area contributed by atoms with Crippen molar-refractivity contribution in [1.82, 2.24) is 25.3 Å². The predicted molar refractivity (Wildman–Crippen MR) is 127 cm³/mol. The highest BCUT2D eigenvalue weighted by Gasteiger charge is 2.26. The Bertz CT molecular complexity index is 1140. The zero-order chi connectivity index (χ0) is 22.5. The summed E-state index contributed by atoms with van der Waals surface area (Å²) in [5.74, 6) is -0.249. The number of hydrazone groups is 1. The Balaban J connectivity index is 1.79. The van der Waals surface area contributed by atoms with Gasteiger partial charge in [-0.05, 0) is 43.6 Å². The van der Waals surface area contributed by atoms with E-state index in [-0.39, 0.29) is 5.91 Å². The number of hydrogen-bond acceptors (Lipinski definition) is 5. The molecule has 0 fully saturated rings. The number of amides is 1. The van der Waals surface area contributed by atoms with Crippen molar-refractivity contribution in [3.63, 3.8) is 0 Å². The second-order valence-corrected chi connectivity index (χ2v) is 7.71. The van der Waals surface area contributed by atoms with Gasteiger partial charge in [0.2, 0.25) is 0 Å². The Morgan fingerprint density at radius 1 is 1.09 bits per heavy atom. The van der Waals surface area contributed by atoms with E-state index in [9.17, 15) is 4.79 Å². The molecule has 0 aliphatic carbocycles. The number of carbonyl (C=O) groups is 1. The Morgan fingerprint density at radius 3 is 2.56 bits per heavy atom. The van der Waals surface area contributed by atoms with Crippen LogP contribution in [0.25, 0.3) is 17.2 Å². The van der Waals surface area contributed by atoms with Gasteiger partial charge in [-0.3, -0.25) is 14.8 Å². The first kappa shape index (κ1) is 21.6. The van der Waals surface area contributed by atoms with E-state index < -0.39 is 0 Å². The molecule has 164 valence electrons. The lowest BCUT2D eigenvalue weighted by atomic mass is 9.96. The normalized spacial score (nSPS) is 14.8. The highest BCUT2D eigenvalue weighted by molar-refractivity contribution is 6.32. The summed E-state index contributed by atoms with van der Waals surface area (Å²) in [5, 5.41) is 4.20. The summed E-state index contributed by atoms with van der Waals surface area (Å²) in [4.78, 5) is 27.0.